The first-order chi connectivity index (χ1) is 9.26. The Morgan fingerprint density at radius 1 is 1.16 bits per heavy atom. The number of rotatable bonds is 0. The van der Waals surface area contributed by atoms with E-state index in [9.17, 15) is 10.5 Å². The van der Waals surface area contributed by atoms with E-state index in [1.165, 1.54) is 6.20 Å². The second kappa shape index (κ2) is 3.90. The molecule has 0 bridgehead atoms. The first kappa shape index (κ1) is 10.9. The summed E-state index contributed by atoms with van der Waals surface area (Å²) in [5.41, 5.74) is 1.18. The van der Waals surface area contributed by atoms with E-state index in [0.717, 1.165) is 0 Å². The highest BCUT2D eigenvalue weighted by atomic mass is 14.9. The number of H-pyrrole nitrogens is 1. The molecule has 0 radical (unpaired) electrons. The third-order valence-electron chi connectivity index (χ3n) is 2.88. The summed E-state index contributed by atoms with van der Waals surface area (Å²) in [4.78, 5) is 11.3. The van der Waals surface area contributed by atoms with Crippen LogP contribution in [-0.4, -0.2) is 15.0 Å². The molecule has 0 aliphatic carbocycles. The van der Waals surface area contributed by atoms with E-state index in [4.69, 9.17) is 5.41 Å². The second-order valence-corrected chi connectivity index (χ2v) is 3.88. The van der Waals surface area contributed by atoms with Gasteiger partial charge in [0.15, 0.2) is 5.82 Å². The number of aromatic amines is 1. The highest BCUT2D eigenvalue weighted by molar-refractivity contribution is 5.83. The van der Waals surface area contributed by atoms with E-state index in [1.807, 2.05) is 12.1 Å². The van der Waals surface area contributed by atoms with Crippen LogP contribution in [0.2, 0.25) is 0 Å². The van der Waals surface area contributed by atoms with Gasteiger partial charge in [0.1, 0.15) is 17.8 Å². The lowest BCUT2D eigenvalue weighted by Crippen LogP contribution is -2.10. The lowest BCUT2D eigenvalue weighted by Gasteiger charge is -1.98. The van der Waals surface area contributed by atoms with Crippen LogP contribution >= 0.6 is 0 Å². The largest absolute Gasteiger partial charge is 0.346 e. The normalized spacial score (nSPS) is 10.2. The van der Waals surface area contributed by atoms with Gasteiger partial charge >= 0.3 is 0 Å². The fraction of sp³-hybridized carbons (Fsp3) is 0. The molecule has 0 atom stereocenters. The monoisotopic (exact) mass is 246 g/mol. The maximum absolute atomic E-state index is 9.23. The molecular formula is C13H6N6. The summed E-state index contributed by atoms with van der Waals surface area (Å²) >= 11 is 0. The van der Waals surface area contributed by atoms with E-state index >= 15 is 0 Å². The number of nitrogens with zero attached hydrogens (tertiary/aromatic N) is 4. The summed E-state index contributed by atoms with van der Waals surface area (Å²) in [6, 6.07) is 7.21. The van der Waals surface area contributed by atoms with E-state index < -0.39 is 0 Å². The molecule has 0 aromatic carbocycles. The number of hydrogen-bond acceptors (Lipinski definition) is 5. The number of aromatic nitrogens is 3. The summed E-state index contributed by atoms with van der Waals surface area (Å²) in [7, 11) is 0. The molecule has 2 aliphatic rings. The predicted molar refractivity (Wildman–Crippen MR) is 65.8 cm³/mol. The zero-order valence-electron chi connectivity index (χ0n) is 9.60. The molecule has 0 amide bonds. The Morgan fingerprint density at radius 2 is 1.95 bits per heavy atom. The highest BCUT2D eigenvalue weighted by Gasteiger charge is 2.15. The minimum absolute atomic E-state index is 0.102. The quantitative estimate of drug-likeness (QED) is 0.622. The maximum Gasteiger partial charge on any atom is 0.163 e. The second-order valence-electron chi connectivity index (χ2n) is 3.88. The Kier molecular flexibility index (Phi) is 2.23. The number of hydrogen-bond donors (Lipinski definition) is 2. The van der Waals surface area contributed by atoms with Gasteiger partial charge < -0.3 is 4.98 Å². The average molecular weight is 246 g/mol. The van der Waals surface area contributed by atoms with Crippen LogP contribution in [0.3, 0.4) is 0 Å². The van der Waals surface area contributed by atoms with Crippen LogP contribution in [0.5, 0.6) is 0 Å². The Balaban J connectivity index is 2.70. The lowest BCUT2D eigenvalue weighted by molar-refractivity contribution is 1.21. The van der Waals surface area contributed by atoms with Gasteiger partial charge in [0.2, 0.25) is 0 Å². The van der Waals surface area contributed by atoms with E-state index in [-0.39, 0.29) is 16.5 Å². The molecule has 6 heteroatoms. The van der Waals surface area contributed by atoms with Crippen molar-refractivity contribution >= 4 is 11.0 Å². The minimum atomic E-state index is -0.102. The van der Waals surface area contributed by atoms with E-state index in [1.54, 1.807) is 18.3 Å². The molecule has 1 aromatic rings. The Bertz CT molecular complexity index is 909. The molecule has 0 unspecified atom stereocenters. The summed E-state index contributed by atoms with van der Waals surface area (Å²) in [6.45, 7) is 0. The molecule has 3 heterocycles. The number of fused-ring (bicyclic) bond motifs is 2. The molecule has 0 saturated heterocycles. The van der Waals surface area contributed by atoms with Gasteiger partial charge in [-0.3, -0.25) is 5.41 Å². The van der Waals surface area contributed by atoms with Crippen LogP contribution in [-0.2, 0) is 0 Å². The van der Waals surface area contributed by atoms with Gasteiger partial charge in [0, 0.05) is 23.3 Å². The Hall–Kier alpha value is -3.25. The van der Waals surface area contributed by atoms with Crippen molar-refractivity contribution in [3.63, 3.8) is 0 Å². The van der Waals surface area contributed by atoms with Crippen LogP contribution in [0.15, 0.2) is 24.5 Å². The molecule has 1 aromatic heterocycles. The highest BCUT2D eigenvalue weighted by Crippen LogP contribution is 2.21. The van der Waals surface area contributed by atoms with Gasteiger partial charge in [-0.2, -0.15) is 10.5 Å². The smallest absolute Gasteiger partial charge is 0.163 e. The average Bonchev–Trinajstić information content (AvgIpc) is 3.02. The van der Waals surface area contributed by atoms with Crippen molar-refractivity contribution < 1.29 is 0 Å². The topological polar surface area (TPSA) is 113 Å². The minimum Gasteiger partial charge on any atom is -0.346 e. The van der Waals surface area contributed by atoms with Crippen molar-refractivity contribution in [1.29, 1.82) is 15.9 Å². The number of nitrogens with one attached hydrogen (secondary N) is 2. The molecule has 2 aliphatic heterocycles. The molecule has 0 spiro atoms. The molecule has 88 valence electrons. The predicted octanol–water partition coefficient (Wildman–Crippen LogP) is 1.29. The first-order valence-corrected chi connectivity index (χ1v) is 5.41. The Labute approximate surface area is 107 Å². The van der Waals surface area contributed by atoms with Crippen molar-refractivity contribution in [3.8, 4) is 23.5 Å². The van der Waals surface area contributed by atoms with Crippen molar-refractivity contribution in [2.24, 2.45) is 0 Å². The molecule has 0 saturated carbocycles. The zero-order chi connectivity index (χ0) is 13.4. The van der Waals surface area contributed by atoms with Gasteiger partial charge in [-0.15, -0.1) is 0 Å². The van der Waals surface area contributed by atoms with E-state index in [0.29, 0.717) is 22.4 Å². The fourth-order valence-electron chi connectivity index (χ4n) is 2.00. The van der Waals surface area contributed by atoms with Crippen molar-refractivity contribution in [2.75, 3.05) is 0 Å². The third-order valence-corrected chi connectivity index (χ3v) is 2.88. The van der Waals surface area contributed by atoms with Crippen molar-refractivity contribution in [1.82, 2.24) is 15.0 Å². The molecule has 6 nitrogen and oxygen atoms in total. The summed E-state index contributed by atoms with van der Waals surface area (Å²) in [5.74, 6) is 0.377. The first-order valence-electron chi connectivity index (χ1n) is 5.41. The molecule has 0 fully saturated rings. The molecule has 19 heavy (non-hydrogen) atoms. The number of nitriles is 2. The van der Waals surface area contributed by atoms with Gasteiger partial charge in [-0.05, 0) is 12.1 Å². The van der Waals surface area contributed by atoms with Crippen LogP contribution in [0, 0.1) is 28.1 Å². The SMILES string of the molecule is N#Cc1c2ccnc-2nc2[nH]ccc2c(C#N)c1=N. The van der Waals surface area contributed by atoms with Crippen LogP contribution in [0.1, 0.15) is 11.1 Å². The van der Waals surface area contributed by atoms with E-state index in [2.05, 4.69) is 15.0 Å². The van der Waals surface area contributed by atoms with Crippen LogP contribution in [0.4, 0.5) is 0 Å². The van der Waals surface area contributed by atoms with Crippen LogP contribution < -0.4 is 5.36 Å². The van der Waals surface area contributed by atoms with Gasteiger partial charge in [0.05, 0.1) is 16.5 Å². The summed E-state index contributed by atoms with van der Waals surface area (Å²) < 4.78 is 0. The molecule has 2 N–H and O–H groups in total. The maximum atomic E-state index is 9.23. The standard InChI is InChI=1S/C13H6N6/c14-5-9-7-1-3-17-12(7)19-13-8(2-4-18-13)10(6-15)11(9)16/h1-4,16H,(H,17,18,19). The van der Waals surface area contributed by atoms with Crippen molar-refractivity contribution in [3.05, 3.63) is 41.0 Å². The third kappa shape index (κ3) is 1.44. The molecule has 3 rings (SSSR count). The van der Waals surface area contributed by atoms with Crippen molar-refractivity contribution in [2.45, 2.75) is 0 Å². The summed E-state index contributed by atoms with van der Waals surface area (Å²) in [5, 5.41) is 26.9. The fourth-order valence-corrected chi connectivity index (χ4v) is 2.00. The van der Waals surface area contributed by atoms with Gasteiger partial charge in [-0.25, -0.2) is 9.97 Å². The van der Waals surface area contributed by atoms with Crippen LogP contribution in [0.25, 0.3) is 22.4 Å². The molecular weight excluding hydrogens is 240 g/mol. The summed E-state index contributed by atoms with van der Waals surface area (Å²) in [6.07, 6.45) is 3.16. The lowest BCUT2D eigenvalue weighted by atomic mass is 10.1. The zero-order valence-corrected chi connectivity index (χ0v) is 9.60. The van der Waals surface area contributed by atoms with Gasteiger partial charge in [-0.1, -0.05) is 0 Å². The van der Waals surface area contributed by atoms with Gasteiger partial charge in [0.25, 0.3) is 0 Å². The Morgan fingerprint density at radius 3 is 2.68 bits per heavy atom.